The van der Waals surface area contributed by atoms with Crippen molar-refractivity contribution in [2.24, 2.45) is 5.92 Å². The van der Waals surface area contributed by atoms with Crippen LogP contribution in [-0.2, 0) is 14.8 Å². The zero-order chi connectivity index (χ0) is 16.6. The lowest BCUT2D eigenvalue weighted by atomic mass is 10.1. The van der Waals surface area contributed by atoms with Crippen molar-refractivity contribution in [3.8, 4) is 0 Å². The number of ether oxygens (including phenoxy) is 1. The Bertz CT molecular complexity index is 585. The molecule has 7 heteroatoms. The van der Waals surface area contributed by atoms with Gasteiger partial charge in [0, 0.05) is 25.8 Å². The number of hydrogen-bond acceptors (Lipinski definition) is 4. The smallest absolute Gasteiger partial charge is 0.251 e. The van der Waals surface area contributed by atoms with Gasteiger partial charge in [0.1, 0.15) is 0 Å². The molecule has 0 unspecified atom stereocenters. The van der Waals surface area contributed by atoms with Gasteiger partial charge in [-0.25, -0.2) is 13.1 Å². The fraction of sp³-hybridized carbons (Fsp3) is 0.533. The molecule has 0 aliphatic carbocycles. The highest BCUT2D eigenvalue weighted by atomic mass is 32.2. The normalized spacial score (nSPS) is 11.6. The fourth-order valence-electron chi connectivity index (χ4n) is 1.74. The van der Waals surface area contributed by atoms with E-state index in [1.165, 1.54) is 12.1 Å². The van der Waals surface area contributed by atoms with E-state index in [0.717, 1.165) is 6.42 Å². The Morgan fingerprint density at radius 3 is 2.64 bits per heavy atom. The molecule has 22 heavy (non-hydrogen) atoms. The van der Waals surface area contributed by atoms with E-state index < -0.39 is 10.0 Å². The van der Waals surface area contributed by atoms with Crippen molar-refractivity contribution in [3.63, 3.8) is 0 Å². The van der Waals surface area contributed by atoms with Crippen LogP contribution in [0.4, 0.5) is 0 Å². The van der Waals surface area contributed by atoms with E-state index in [1.807, 2.05) is 13.8 Å². The standard InChI is InChI=1S/C15H24N2O4S/c1-12(2)7-8-17-22(19,20)14-6-4-5-13(11-14)15(18)16-9-10-21-3/h4-6,11-12,17H,7-10H2,1-3H3,(H,16,18). The van der Waals surface area contributed by atoms with Crippen molar-refractivity contribution in [1.29, 1.82) is 0 Å². The van der Waals surface area contributed by atoms with Crippen molar-refractivity contribution in [2.45, 2.75) is 25.2 Å². The Labute approximate surface area is 132 Å². The summed E-state index contributed by atoms with van der Waals surface area (Å²) in [6, 6.07) is 5.99. The van der Waals surface area contributed by atoms with Gasteiger partial charge in [-0.3, -0.25) is 4.79 Å². The number of rotatable bonds is 9. The van der Waals surface area contributed by atoms with E-state index in [2.05, 4.69) is 10.0 Å². The van der Waals surface area contributed by atoms with E-state index >= 15 is 0 Å². The van der Waals surface area contributed by atoms with Crippen molar-refractivity contribution >= 4 is 15.9 Å². The summed E-state index contributed by atoms with van der Waals surface area (Å²) >= 11 is 0. The van der Waals surface area contributed by atoms with Gasteiger partial charge in [-0.05, 0) is 30.5 Å². The number of sulfonamides is 1. The Hall–Kier alpha value is -1.44. The lowest BCUT2D eigenvalue weighted by molar-refractivity contribution is 0.0937. The lowest BCUT2D eigenvalue weighted by Gasteiger charge is -2.10. The van der Waals surface area contributed by atoms with Crippen LogP contribution in [0, 0.1) is 5.92 Å². The second-order valence-electron chi connectivity index (χ2n) is 5.36. The molecule has 0 saturated carbocycles. The van der Waals surface area contributed by atoms with Crippen molar-refractivity contribution in [2.75, 3.05) is 26.8 Å². The third-order valence-electron chi connectivity index (χ3n) is 3.01. The first-order valence-corrected chi connectivity index (χ1v) is 8.72. The minimum atomic E-state index is -3.59. The molecule has 0 fully saturated rings. The molecule has 0 radical (unpaired) electrons. The van der Waals surface area contributed by atoms with Gasteiger partial charge in [0.05, 0.1) is 11.5 Å². The topological polar surface area (TPSA) is 84.5 Å². The highest BCUT2D eigenvalue weighted by molar-refractivity contribution is 7.89. The molecule has 0 atom stereocenters. The molecule has 0 saturated heterocycles. The molecular weight excluding hydrogens is 304 g/mol. The van der Waals surface area contributed by atoms with Gasteiger partial charge in [-0.1, -0.05) is 19.9 Å². The van der Waals surface area contributed by atoms with Gasteiger partial charge in [-0.2, -0.15) is 0 Å². The number of amides is 1. The Balaban J connectivity index is 2.75. The average molecular weight is 328 g/mol. The van der Waals surface area contributed by atoms with Crippen LogP contribution in [-0.4, -0.2) is 41.1 Å². The monoisotopic (exact) mass is 328 g/mol. The zero-order valence-corrected chi connectivity index (χ0v) is 14.1. The summed E-state index contributed by atoms with van der Waals surface area (Å²) in [5.74, 6) is 0.0943. The molecule has 2 N–H and O–H groups in total. The first kappa shape index (κ1) is 18.6. The maximum absolute atomic E-state index is 12.2. The summed E-state index contributed by atoms with van der Waals surface area (Å²) in [5.41, 5.74) is 0.308. The lowest BCUT2D eigenvalue weighted by Crippen LogP contribution is -2.28. The van der Waals surface area contributed by atoms with Crippen molar-refractivity contribution in [3.05, 3.63) is 29.8 Å². The number of nitrogens with one attached hydrogen (secondary N) is 2. The predicted molar refractivity (Wildman–Crippen MR) is 85.3 cm³/mol. The molecule has 0 aromatic heterocycles. The van der Waals surface area contributed by atoms with E-state index in [-0.39, 0.29) is 10.8 Å². The molecule has 0 aliphatic rings. The Morgan fingerprint density at radius 1 is 1.27 bits per heavy atom. The van der Waals surface area contributed by atoms with Crippen LogP contribution in [0.2, 0.25) is 0 Å². The predicted octanol–water partition coefficient (Wildman–Crippen LogP) is 1.39. The quantitative estimate of drug-likeness (QED) is 0.671. The van der Waals surface area contributed by atoms with Gasteiger partial charge in [-0.15, -0.1) is 0 Å². The average Bonchev–Trinajstić information content (AvgIpc) is 2.47. The van der Waals surface area contributed by atoms with E-state index in [9.17, 15) is 13.2 Å². The Kier molecular flexibility index (Phi) is 7.50. The summed E-state index contributed by atoms with van der Waals surface area (Å²) in [6.07, 6.45) is 0.760. The summed E-state index contributed by atoms with van der Waals surface area (Å²) in [4.78, 5) is 12.0. The first-order valence-electron chi connectivity index (χ1n) is 7.23. The van der Waals surface area contributed by atoms with Crippen molar-refractivity contribution < 1.29 is 17.9 Å². The number of methoxy groups -OCH3 is 1. The van der Waals surface area contributed by atoms with Crippen LogP contribution in [0.25, 0.3) is 0 Å². The van der Waals surface area contributed by atoms with Crippen LogP contribution in [0.15, 0.2) is 29.2 Å². The summed E-state index contributed by atoms with van der Waals surface area (Å²) in [6.45, 7) is 5.21. The van der Waals surface area contributed by atoms with Gasteiger partial charge in [0.2, 0.25) is 10.0 Å². The van der Waals surface area contributed by atoms with Crippen LogP contribution in [0.5, 0.6) is 0 Å². The van der Waals surface area contributed by atoms with Crippen molar-refractivity contribution in [1.82, 2.24) is 10.0 Å². The second-order valence-corrected chi connectivity index (χ2v) is 7.12. The molecule has 1 rings (SSSR count). The SMILES string of the molecule is COCCNC(=O)c1cccc(S(=O)(=O)NCCC(C)C)c1. The summed E-state index contributed by atoms with van der Waals surface area (Å²) < 4.78 is 31.8. The fourth-order valence-corrected chi connectivity index (χ4v) is 2.83. The van der Waals surface area contributed by atoms with Gasteiger partial charge in [0.15, 0.2) is 0 Å². The highest BCUT2D eigenvalue weighted by Crippen LogP contribution is 2.12. The molecule has 0 heterocycles. The second kappa shape index (κ2) is 8.87. The minimum Gasteiger partial charge on any atom is -0.383 e. The number of hydrogen-bond donors (Lipinski definition) is 2. The number of carbonyl (C=O) groups excluding carboxylic acids is 1. The van der Waals surface area contributed by atoms with Crippen LogP contribution in [0.1, 0.15) is 30.6 Å². The number of carbonyl (C=O) groups is 1. The molecule has 1 aromatic carbocycles. The van der Waals surface area contributed by atoms with E-state index in [4.69, 9.17) is 4.74 Å². The molecule has 0 aliphatic heterocycles. The minimum absolute atomic E-state index is 0.0932. The molecule has 1 aromatic rings. The Morgan fingerprint density at radius 2 is 2.00 bits per heavy atom. The zero-order valence-electron chi connectivity index (χ0n) is 13.3. The van der Waals surface area contributed by atoms with Crippen LogP contribution < -0.4 is 10.0 Å². The van der Waals surface area contributed by atoms with Crippen LogP contribution in [0.3, 0.4) is 0 Å². The third kappa shape index (κ3) is 6.13. The number of benzene rings is 1. The van der Waals surface area contributed by atoms with Crippen LogP contribution >= 0.6 is 0 Å². The highest BCUT2D eigenvalue weighted by Gasteiger charge is 2.15. The maximum Gasteiger partial charge on any atom is 0.251 e. The molecule has 124 valence electrons. The van der Waals surface area contributed by atoms with Gasteiger partial charge < -0.3 is 10.1 Å². The van der Waals surface area contributed by atoms with E-state index in [0.29, 0.717) is 31.2 Å². The van der Waals surface area contributed by atoms with Gasteiger partial charge >= 0.3 is 0 Å². The first-order chi connectivity index (χ1) is 10.4. The third-order valence-corrected chi connectivity index (χ3v) is 4.47. The van der Waals surface area contributed by atoms with E-state index in [1.54, 1.807) is 19.2 Å². The summed E-state index contributed by atoms with van der Waals surface area (Å²) in [5, 5.41) is 2.66. The molecule has 6 nitrogen and oxygen atoms in total. The molecular formula is C15H24N2O4S. The summed E-state index contributed by atoms with van der Waals surface area (Å²) in [7, 11) is -2.05. The maximum atomic E-state index is 12.2. The molecule has 1 amide bonds. The molecule has 0 spiro atoms. The molecule has 0 bridgehead atoms. The van der Waals surface area contributed by atoms with Gasteiger partial charge in [0.25, 0.3) is 5.91 Å². The largest absolute Gasteiger partial charge is 0.383 e.